The maximum absolute atomic E-state index is 11.2. The summed E-state index contributed by atoms with van der Waals surface area (Å²) in [6.07, 6.45) is 3.00. The molecule has 0 aliphatic heterocycles. The van der Waals surface area contributed by atoms with Crippen molar-refractivity contribution in [3.05, 3.63) is 30.1 Å². The van der Waals surface area contributed by atoms with E-state index in [-0.39, 0.29) is 5.91 Å². The monoisotopic (exact) mass is 246 g/mol. The fraction of sp³-hybridized carbons (Fsp3) is 0.385. The van der Waals surface area contributed by atoms with E-state index in [1.54, 1.807) is 6.33 Å². The second-order valence-corrected chi connectivity index (χ2v) is 4.32. The minimum atomic E-state index is 0.0106. The molecule has 96 valence electrons. The maximum atomic E-state index is 11.2. The van der Waals surface area contributed by atoms with E-state index in [1.807, 2.05) is 11.6 Å². The Morgan fingerprint density at radius 1 is 1.50 bits per heavy atom. The van der Waals surface area contributed by atoms with Crippen molar-refractivity contribution in [3.63, 3.8) is 0 Å². The van der Waals surface area contributed by atoms with Crippen LogP contribution in [0.4, 0.5) is 0 Å². The molecular formula is C13H18N4O. The molecule has 0 fully saturated rings. The first-order valence-corrected chi connectivity index (χ1v) is 6.07. The topological polar surface area (TPSA) is 72.9 Å². The highest BCUT2D eigenvalue weighted by molar-refractivity contribution is 5.76. The van der Waals surface area contributed by atoms with Crippen LogP contribution in [0, 0.1) is 0 Å². The summed E-state index contributed by atoms with van der Waals surface area (Å²) in [5.74, 6) is 0.0106. The molecule has 0 aliphatic rings. The normalized spacial score (nSPS) is 10.8. The third-order valence-corrected chi connectivity index (χ3v) is 2.90. The van der Waals surface area contributed by atoms with Gasteiger partial charge in [0, 0.05) is 26.6 Å². The molecule has 0 atom stereocenters. The largest absolute Gasteiger partial charge is 0.356 e. The van der Waals surface area contributed by atoms with E-state index in [0.717, 1.165) is 17.5 Å². The van der Waals surface area contributed by atoms with E-state index < -0.39 is 0 Å². The van der Waals surface area contributed by atoms with Crippen LogP contribution in [0.1, 0.15) is 12.0 Å². The molecule has 5 heteroatoms. The molecule has 0 saturated carbocycles. The van der Waals surface area contributed by atoms with Crippen LogP contribution in [-0.4, -0.2) is 28.5 Å². The number of rotatable bonds is 5. The summed E-state index contributed by atoms with van der Waals surface area (Å²) in [5.41, 5.74) is 8.59. The van der Waals surface area contributed by atoms with Gasteiger partial charge in [0.25, 0.3) is 0 Å². The quantitative estimate of drug-likeness (QED) is 0.810. The Morgan fingerprint density at radius 2 is 2.33 bits per heavy atom. The van der Waals surface area contributed by atoms with Gasteiger partial charge >= 0.3 is 0 Å². The number of nitrogens with one attached hydrogen (secondary N) is 1. The van der Waals surface area contributed by atoms with Gasteiger partial charge in [0.1, 0.15) is 0 Å². The third kappa shape index (κ3) is 2.87. The lowest BCUT2D eigenvalue weighted by Gasteiger charge is -2.04. The second kappa shape index (κ2) is 5.64. The highest BCUT2D eigenvalue weighted by atomic mass is 16.1. The maximum Gasteiger partial charge on any atom is 0.221 e. The summed E-state index contributed by atoms with van der Waals surface area (Å²) < 4.78 is 1.99. The Balaban J connectivity index is 1.94. The Hall–Kier alpha value is -1.88. The fourth-order valence-corrected chi connectivity index (χ4v) is 1.90. The average Bonchev–Trinajstić information content (AvgIpc) is 2.71. The van der Waals surface area contributed by atoms with Crippen LogP contribution in [-0.2, 0) is 18.3 Å². The van der Waals surface area contributed by atoms with Crippen LogP contribution in [0.3, 0.4) is 0 Å². The number of imidazole rings is 1. The lowest BCUT2D eigenvalue weighted by atomic mass is 10.1. The van der Waals surface area contributed by atoms with Gasteiger partial charge in [-0.3, -0.25) is 4.79 Å². The zero-order valence-corrected chi connectivity index (χ0v) is 10.5. The number of aryl methyl sites for hydroxylation is 1. The number of nitrogens with two attached hydrogens (primary N) is 1. The number of carbonyl (C=O) groups is 1. The Bertz CT molecular complexity index is 547. The van der Waals surface area contributed by atoms with E-state index in [1.165, 1.54) is 5.56 Å². The number of aromatic nitrogens is 2. The van der Waals surface area contributed by atoms with Crippen molar-refractivity contribution in [2.75, 3.05) is 13.1 Å². The van der Waals surface area contributed by atoms with Crippen LogP contribution in [0.2, 0.25) is 0 Å². The van der Waals surface area contributed by atoms with Crippen molar-refractivity contribution >= 4 is 16.9 Å². The summed E-state index contributed by atoms with van der Waals surface area (Å²) in [6, 6.07) is 6.18. The van der Waals surface area contributed by atoms with Gasteiger partial charge in [-0.1, -0.05) is 6.07 Å². The van der Waals surface area contributed by atoms with Crippen LogP contribution in [0.5, 0.6) is 0 Å². The molecule has 18 heavy (non-hydrogen) atoms. The molecule has 3 N–H and O–H groups in total. The number of amides is 1. The lowest BCUT2D eigenvalue weighted by Crippen LogP contribution is -2.27. The molecule has 1 aromatic carbocycles. The highest BCUT2D eigenvalue weighted by Crippen LogP contribution is 2.13. The van der Waals surface area contributed by atoms with Crippen LogP contribution in [0.25, 0.3) is 11.0 Å². The molecule has 1 amide bonds. The van der Waals surface area contributed by atoms with Gasteiger partial charge < -0.3 is 15.6 Å². The molecule has 0 radical (unpaired) electrons. The minimum absolute atomic E-state index is 0.0106. The Morgan fingerprint density at radius 3 is 3.11 bits per heavy atom. The first-order chi connectivity index (χ1) is 8.70. The van der Waals surface area contributed by atoms with Gasteiger partial charge in [-0.15, -0.1) is 0 Å². The third-order valence-electron chi connectivity index (χ3n) is 2.90. The zero-order valence-electron chi connectivity index (χ0n) is 10.5. The molecule has 2 rings (SSSR count). The van der Waals surface area contributed by atoms with Crippen LogP contribution in [0.15, 0.2) is 24.5 Å². The van der Waals surface area contributed by atoms with Crippen molar-refractivity contribution in [2.24, 2.45) is 12.8 Å². The number of hydrogen-bond donors (Lipinski definition) is 2. The first kappa shape index (κ1) is 12.6. The molecule has 2 aromatic rings. The van der Waals surface area contributed by atoms with E-state index >= 15 is 0 Å². The molecule has 1 aromatic heterocycles. The Labute approximate surface area is 106 Å². The van der Waals surface area contributed by atoms with Crippen LogP contribution >= 0.6 is 0 Å². The van der Waals surface area contributed by atoms with E-state index in [2.05, 4.69) is 28.5 Å². The summed E-state index contributed by atoms with van der Waals surface area (Å²) in [4.78, 5) is 15.6. The lowest BCUT2D eigenvalue weighted by molar-refractivity contribution is -0.120. The highest BCUT2D eigenvalue weighted by Gasteiger charge is 2.02. The summed E-state index contributed by atoms with van der Waals surface area (Å²) in [7, 11) is 1.97. The second-order valence-electron chi connectivity index (χ2n) is 4.32. The van der Waals surface area contributed by atoms with Crippen molar-refractivity contribution < 1.29 is 4.79 Å². The van der Waals surface area contributed by atoms with Crippen molar-refractivity contribution in [1.82, 2.24) is 14.9 Å². The zero-order chi connectivity index (χ0) is 13.0. The van der Waals surface area contributed by atoms with Crippen molar-refractivity contribution in [1.29, 1.82) is 0 Å². The molecule has 5 nitrogen and oxygen atoms in total. The van der Waals surface area contributed by atoms with Crippen LogP contribution < -0.4 is 11.1 Å². The molecular weight excluding hydrogens is 228 g/mol. The minimum Gasteiger partial charge on any atom is -0.356 e. The van der Waals surface area contributed by atoms with Gasteiger partial charge in [0.2, 0.25) is 5.91 Å². The molecule has 0 bridgehead atoms. The van der Waals surface area contributed by atoms with E-state index in [9.17, 15) is 4.79 Å². The number of carbonyl (C=O) groups excluding carboxylic acids is 1. The number of nitrogens with zero attached hydrogens (tertiary/aromatic N) is 2. The smallest absolute Gasteiger partial charge is 0.221 e. The summed E-state index contributed by atoms with van der Waals surface area (Å²) in [6.45, 7) is 1.03. The van der Waals surface area contributed by atoms with Crippen molar-refractivity contribution in [2.45, 2.75) is 12.8 Å². The molecule has 0 unspecified atom stereocenters. The SMILES string of the molecule is Cn1cnc2cc(CCNC(=O)CCN)ccc21. The van der Waals surface area contributed by atoms with E-state index in [0.29, 0.717) is 19.5 Å². The predicted octanol–water partition coefficient (Wildman–Crippen LogP) is 0.581. The van der Waals surface area contributed by atoms with Crippen molar-refractivity contribution in [3.8, 4) is 0 Å². The number of benzene rings is 1. The number of fused-ring (bicyclic) bond motifs is 1. The molecule has 0 spiro atoms. The predicted molar refractivity (Wildman–Crippen MR) is 71.1 cm³/mol. The van der Waals surface area contributed by atoms with Gasteiger partial charge in [0.05, 0.1) is 17.4 Å². The average molecular weight is 246 g/mol. The molecule has 1 heterocycles. The summed E-state index contributed by atoms with van der Waals surface area (Å²) >= 11 is 0. The van der Waals surface area contributed by atoms with Gasteiger partial charge in [-0.2, -0.15) is 0 Å². The molecule has 0 aliphatic carbocycles. The van der Waals surface area contributed by atoms with Gasteiger partial charge in [0.15, 0.2) is 0 Å². The molecule has 0 saturated heterocycles. The fourth-order valence-electron chi connectivity index (χ4n) is 1.90. The standard InChI is InChI=1S/C13H18N4O/c1-17-9-16-11-8-10(2-3-12(11)17)5-7-15-13(18)4-6-14/h2-3,8-9H,4-7,14H2,1H3,(H,15,18). The van der Waals surface area contributed by atoms with E-state index in [4.69, 9.17) is 5.73 Å². The Kier molecular flexibility index (Phi) is 3.94. The number of hydrogen-bond acceptors (Lipinski definition) is 3. The first-order valence-electron chi connectivity index (χ1n) is 6.07. The van der Waals surface area contributed by atoms with Gasteiger partial charge in [-0.05, 0) is 24.1 Å². The van der Waals surface area contributed by atoms with Gasteiger partial charge in [-0.25, -0.2) is 4.98 Å². The summed E-state index contributed by atoms with van der Waals surface area (Å²) in [5, 5.41) is 2.84.